The summed E-state index contributed by atoms with van der Waals surface area (Å²) in [5.74, 6) is 0.0438. The highest BCUT2D eigenvalue weighted by molar-refractivity contribution is 5.97. The minimum absolute atomic E-state index is 0.0438. The quantitative estimate of drug-likeness (QED) is 0.898. The Morgan fingerprint density at radius 2 is 2.29 bits per heavy atom. The number of nitrogens with one attached hydrogen (secondary N) is 2. The van der Waals surface area contributed by atoms with Gasteiger partial charge < -0.3 is 10.6 Å². The van der Waals surface area contributed by atoms with Crippen LogP contribution in [0.1, 0.15) is 19.8 Å². The number of benzene rings is 1. The number of para-hydroxylation sites is 2. The number of carbonyl (C=O) groups excluding carboxylic acids is 1. The number of rotatable bonds is 3. The fourth-order valence-electron chi connectivity index (χ4n) is 2.64. The van der Waals surface area contributed by atoms with Crippen molar-refractivity contribution in [3.05, 3.63) is 36.7 Å². The average molecular weight is 285 g/mol. The van der Waals surface area contributed by atoms with Gasteiger partial charge in [0.05, 0.1) is 29.2 Å². The molecule has 1 amide bonds. The van der Waals surface area contributed by atoms with E-state index in [4.69, 9.17) is 0 Å². The molecular formula is C15H19N5O. The molecule has 3 rings (SSSR count). The molecule has 0 saturated carbocycles. The molecule has 0 bridgehead atoms. The Kier molecular flexibility index (Phi) is 3.70. The third-order valence-corrected chi connectivity index (χ3v) is 3.97. The largest absolute Gasteiger partial charge is 0.324 e. The van der Waals surface area contributed by atoms with E-state index in [1.165, 1.54) is 0 Å². The Labute approximate surface area is 123 Å². The van der Waals surface area contributed by atoms with Crippen molar-refractivity contribution in [2.45, 2.75) is 19.8 Å². The number of anilines is 1. The van der Waals surface area contributed by atoms with Crippen LogP contribution in [0.15, 0.2) is 36.7 Å². The van der Waals surface area contributed by atoms with Gasteiger partial charge >= 0.3 is 0 Å². The summed E-state index contributed by atoms with van der Waals surface area (Å²) in [6, 6.07) is 7.61. The topological polar surface area (TPSA) is 71.8 Å². The third kappa shape index (κ3) is 2.80. The highest BCUT2D eigenvalue weighted by atomic mass is 16.2. The maximum atomic E-state index is 12.6. The van der Waals surface area contributed by atoms with Crippen LogP contribution < -0.4 is 10.6 Å². The van der Waals surface area contributed by atoms with Crippen molar-refractivity contribution in [2.75, 3.05) is 18.4 Å². The van der Waals surface area contributed by atoms with Gasteiger partial charge in [-0.05, 0) is 38.4 Å². The van der Waals surface area contributed by atoms with Gasteiger partial charge in [-0.25, -0.2) is 4.68 Å². The van der Waals surface area contributed by atoms with Crippen molar-refractivity contribution in [1.29, 1.82) is 0 Å². The van der Waals surface area contributed by atoms with Crippen molar-refractivity contribution in [2.24, 2.45) is 5.41 Å². The molecule has 1 aliphatic heterocycles. The zero-order valence-electron chi connectivity index (χ0n) is 12.0. The predicted octanol–water partition coefficient (Wildman–Crippen LogP) is 1.60. The second kappa shape index (κ2) is 5.65. The summed E-state index contributed by atoms with van der Waals surface area (Å²) in [5, 5.41) is 14.1. The van der Waals surface area contributed by atoms with Crippen molar-refractivity contribution in [3.8, 4) is 5.69 Å². The van der Waals surface area contributed by atoms with Crippen LogP contribution in [0.5, 0.6) is 0 Å². The first-order valence-electron chi connectivity index (χ1n) is 7.17. The molecule has 1 aromatic heterocycles. The van der Waals surface area contributed by atoms with Gasteiger partial charge in [-0.3, -0.25) is 4.79 Å². The Morgan fingerprint density at radius 1 is 1.43 bits per heavy atom. The highest BCUT2D eigenvalue weighted by Crippen LogP contribution is 2.28. The van der Waals surface area contributed by atoms with Gasteiger partial charge in [-0.2, -0.15) is 0 Å². The Balaban J connectivity index is 1.83. The van der Waals surface area contributed by atoms with Crippen LogP contribution in [0, 0.1) is 5.41 Å². The van der Waals surface area contributed by atoms with Gasteiger partial charge in [0.15, 0.2) is 0 Å². The summed E-state index contributed by atoms with van der Waals surface area (Å²) in [6.45, 7) is 3.70. The lowest BCUT2D eigenvalue weighted by atomic mass is 9.82. The number of hydrogen-bond acceptors (Lipinski definition) is 4. The Bertz CT molecular complexity index is 617. The molecule has 2 N–H and O–H groups in total. The molecule has 1 saturated heterocycles. The standard InChI is InChI=1S/C15H19N5O/c1-15(7-4-8-16-11-15)14(21)18-12-5-2-3-6-13(12)20-10-9-17-19-20/h2-3,5-6,9-10,16H,4,7-8,11H2,1H3,(H,18,21). The number of aromatic nitrogens is 3. The summed E-state index contributed by atoms with van der Waals surface area (Å²) in [6.07, 6.45) is 5.30. The lowest BCUT2D eigenvalue weighted by Crippen LogP contribution is -2.46. The van der Waals surface area contributed by atoms with E-state index in [0.29, 0.717) is 6.54 Å². The number of hydrogen-bond donors (Lipinski definition) is 2. The molecule has 1 atom stereocenters. The zero-order chi connectivity index (χ0) is 14.7. The first-order valence-corrected chi connectivity index (χ1v) is 7.17. The smallest absolute Gasteiger partial charge is 0.231 e. The van der Waals surface area contributed by atoms with E-state index in [-0.39, 0.29) is 11.3 Å². The Hall–Kier alpha value is -2.21. The van der Waals surface area contributed by atoms with Crippen LogP contribution in [0.4, 0.5) is 5.69 Å². The molecule has 2 aromatic rings. The fraction of sp³-hybridized carbons (Fsp3) is 0.400. The van der Waals surface area contributed by atoms with Crippen molar-refractivity contribution < 1.29 is 4.79 Å². The van der Waals surface area contributed by atoms with E-state index in [0.717, 1.165) is 30.8 Å². The number of carbonyl (C=O) groups is 1. The van der Waals surface area contributed by atoms with Crippen LogP contribution >= 0.6 is 0 Å². The molecule has 0 aliphatic carbocycles. The molecule has 1 aromatic carbocycles. The van der Waals surface area contributed by atoms with Gasteiger partial charge in [0.25, 0.3) is 0 Å². The van der Waals surface area contributed by atoms with Gasteiger partial charge in [0.2, 0.25) is 5.91 Å². The lowest BCUT2D eigenvalue weighted by molar-refractivity contribution is -0.125. The first-order chi connectivity index (χ1) is 10.2. The maximum absolute atomic E-state index is 12.6. The summed E-state index contributed by atoms with van der Waals surface area (Å²) in [5.41, 5.74) is 1.20. The van der Waals surface area contributed by atoms with Gasteiger partial charge in [0, 0.05) is 6.54 Å². The molecule has 1 unspecified atom stereocenters. The first kappa shape index (κ1) is 13.8. The minimum atomic E-state index is -0.367. The molecule has 2 heterocycles. The van der Waals surface area contributed by atoms with E-state index < -0.39 is 0 Å². The summed E-state index contributed by atoms with van der Waals surface area (Å²) < 4.78 is 1.65. The van der Waals surface area contributed by atoms with Crippen LogP contribution in [-0.2, 0) is 4.79 Å². The zero-order valence-corrected chi connectivity index (χ0v) is 12.0. The van der Waals surface area contributed by atoms with E-state index in [9.17, 15) is 4.79 Å². The molecule has 110 valence electrons. The second-order valence-corrected chi connectivity index (χ2v) is 5.66. The van der Waals surface area contributed by atoms with E-state index in [1.54, 1.807) is 17.1 Å². The normalized spacial score (nSPS) is 22.0. The van der Waals surface area contributed by atoms with Crippen molar-refractivity contribution in [1.82, 2.24) is 20.3 Å². The molecule has 0 radical (unpaired) electrons. The molecular weight excluding hydrogens is 266 g/mol. The molecule has 21 heavy (non-hydrogen) atoms. The fourth-order valence-corrected chi connectivity index (χ4v) is 2.64. The molecule has 6 nitrogen and oxygen atoms in total. The second-order valence-electron chi connectivity index (χ2n) is 5.66. The number of piperidine rings is 1. The molecule has 1 aliphatic rings. The summed E-state index contributed by atoms with van der Waals surface area (Å²) in [4.78, 5) is 12.6. The average Bonchev–Trinajstić information content (AvgIpc) is 3.02. The predicted molar refractivity (Wildman–Crippen MR) is 80.2 cm³/mol. The van der Waals surface area contributed by atoms with E-state index >= 15 is 0 Å². The van der Waals surface area contributed by atoms with Crippen LogP contribution in [0.25, 0.3) is 5.69 Å². The molecule has 6 heteroatoms. The number of nitrogens with zero attached hydrogens (tertiary/aromatic N) is 3. The molecule has 1 fully saturated rings. The van der Waals surface area contributed by atoms with Crippen molar-refractivity contribution >= 4 is 11.6 Å². The SMILES string of the molecule is CC1(C(=O)Nc2ccccc2-n2ccnn2)CCCNC1. The van der Waals surface area contributed by atoms with Crippen LogP contribution in [0.2, 0.25) is 0 Å². The van der Waals surface area contributed by atoms with Crippen LogP contribution in [-0.4, -0.2) is 34.0 Å². The number of amides is 1. The lowest BCUT2D eigenvalue weighted by Gasteiger charge is -2.32. The van der Waals surface area contributed by atoms with E-state index in [1.807, 2.05) is 31.2 Å². The summed E-state index contributed by atoms with van der Waals surface area (Å²) in [7, 11) is 0. The highest BCUT2D eigenvalue weighted by Gasteiger charge is 2.34. The van der Waals surface area contributed by atoms with Gasteiger partial charge in [0.1, 0.15) is 0 Å². The maximum Gasteiger partial charge on any atom is 0.231 e. The van der Waals surface area contributed by atoms with Gasteiger partial charge in [-0.15, -0.1) is 5.10 Å². The Morgan fingerprint density at radius 3 is 3.00 bits per heavy atom. The van der Waals surface area contributed by atoms with Crippen molar-refractivity contribution in [3.63, 3.8) is 0 Å². The van der Waals surface area contributed by atoms with Crippen LogP contribution in [0.3, 0.4) is 0 Å². The van der Waals surface area contributed by atoms with Gasteiger partial charge in [-0.1, -0.05) is 17.3 Å². The third-order valence-electron chi connectivity index (χ3n) is 3.97. The summed E-state index contributed by atoms with van der Waals surface area (Å²) >= 11 is 0. The molecule has 0 spiro atoms. The minimum Gasteiger partial charge on any atom is -0.324 e. The monoisotopic (exact) mass is 285 g/mol. The van der Waals surface area contributed by atoms with E-state index in [2.05, 4.69) is 20.9 Å².